The third-order valence-corrected chi connectivity index (χ3v) is 14.5. The summed E-state index contributed by atoms with van der Waals surface area (Å²) in [5, 5.41) is 32.6. The molecular formula is C42H71NO10. The number of hydrogen-bond acceptors (Lipinski definition) is 10. The average molecular weight is 750 g/mol. The highest BCUT2D eigenvalue weighted by Gasteiger charge is 2.62. The van der Waals surface area contributed by atoms with E-state index >= 15 is 0 Å². The summed E-state index contributed by atoms with van der Waals surface area (Å²) in [6.07, 6.45) is 7.44. The van der Waals surface area contributed by atoms with Gasteiger partial charge in [-0.05, 0) is 89.5 Å². The van der Waals surface area contributed by atoms with Crippen molar-refractivity contribution < 1.29 is 48.6 Å². The molecule has 2 spiro atoms. The van der Waals surface area contributed by atoms with E-state index in [4.69, 9.17) is 29.4 Å². The number of aliphatic hydroxyl groups is 2. The summed E-state index contributed by atoms with van der Waals surface area (Å²) in [4.78, 5) is 26.4. The van der Waals surface area contributed by atoms with Crippen molar-refractivity contribution >= 4 is 11.8 Å². The van der Waals surface area contributed by atoms with Gasteiger partial charge >= 0.3 is 5.97 Å². The summed E-state index contributed by atoms with van der Waals surface area (Å²) in [6.45, 7) is 19.8. The van der Waals surface area contributed by atoms with Gasteiger partial charge in [0.2, 0.25) is 0 Å². The van der Waals surface area contributed by atoms with E-state index in [2.05, 4.69) is 27.7 Å². The molecule has 0 aromatic rings. The molecule has 11 nitrogen and oxygen atoms in total. The van der Waals surface area contributed by atoms with E-state index in [-0.39, 0.29) is 47.8 Å². The Bertz CT molecular complexity index is 1330. The fraction of sp³-hybridized carbons (Fsp3) is 0.905. The minimum Gasteiger partial charge on any atom is -0.481 e. The van der Waals surface area contributed by atoms with Crippen LogP contribution >= 0.6 is 0 Å². The first-order valence-electron chi connectivity index (χ1n) is 20.8. The molecule has 0 bridgehead atoms. The second kappa shape index (κ2) is 16.2. The average Bonchev–Trinajstić information content (AvgIpc) is 3.47. The number of carboxylic acid groups (broad SMARTS) is 1. The lowest BCUT2D eigenvalue weighted by Gasteiger charge is -2.54. The van der Waals surface area contributed by atoms with Crippen molar-refractivity contribution in [2.45, 2.75) is 199 Å². The standard InChI is InChI=1S/C42H71NO10/c1-11-29(38(46)47)31-15-14-23(4)36(50-31)27(8)34(44)26(7)35(45)30(12-2)37-24(5)22-25(6)41(51-37)19-16-32(43)42(53-41)21-20-39(10,52-42)33-17-18-40(48,13-3)28(9)49-33/h16,19,23-34,36-37,44,48H,11-15,17-18,20-22,43H2,1-10H3,(H,46,47)/t23?,24-,25+,26-,27-,28-,29+,30-,31+,32+,33+,34+,36+,37-,39-,40+,41-,42-/m0/s1. The largest absolute Gasteiger partial charge is 0.481 e. The second-order valence-electron chi connectivity index (χ2n) is 18.0. The minimum atomic E-state index is -1.16. The highest BCUT2D eigenvalue weighted by molar-refractivity contribution is 5.84. The second-order valence-corrected chi connectivity index (χ2v) is 18.0. The van der Waals surface area contributed by atoms with Crippen LogP contribution in [0.4, 0.5) is 0 Å². The van der Waals surface area contributed by atoms with Crippen LogP contribution in [0.3, 0.4) is 0 Å². The SMILES string of the molecule is CC[C@@H](C(=O)[C@@H](C)[C@@H](O)[C@H](C)[C@@H]1O[C@@H]([C@@H](CC)C(=O)O)CCC1C)[C@H]1O[C@]2(C=C[C@@H](N)[C@]3(CC[C@@](C)([C@H]4CC[C@](O)(CC)[C@H](C)O4)O3)O2)[C@H](C)C[C@@H]1C. The smallest absolute Gasteiger partial charge is 0.309 e. The summed E-state index contributed by atoms with van der Waals surface area (Å²) < 4.78 is 33.8. The summed E-state index contributed by atoms with van der Waals surface area (Å²) >= 11 is 0. The molecule has 53 heavy (non-hydrogen) atoms. The molecule has 0 radical (unpaired) electrons. The van der Waals surface area contributed by atoms with E-state index in [9.17, 15) is 24.9 Å². The van der Waals surface area contributed by atoms with Crippen LogP contribution in [-0.2, 0) is 33.3 Å². The topological polar surface area (TPSA) is 167 Å². The van der Waals surface area contributed by atoms with E-state index in [0.717, 1.165) is 12.8 Å². The molecular weight excluding hydrogens is 678 g/mol. The first kappa shape index (κ1) is 42.7. The maximum atomic E-state index is 14.5. The number of aliphatic hydroxyl groups excluding tert-OH is 1. The van der Waals surface area contributed by atoms with Crippen molar-refractivity contribution in [3.05, 3.63) is 12.2 Å². The molecule has 5 aliphatic rings. The number of carbonyl (C=O) groups is 2. The van der Waals surface area contributed by atoms with Gasteiger partial charge < -0.3 is 44.7 Å². The third kappa shape index (κ3) is 7.94. The first-order valence-corrected chi connectivity index (χ1v) is 20.8. The van der Waals surface area contributed by atoms with Gasteiger partial charge in [0, 0.05) is 30.1 Å². The normalized spacial score (nSPS) is 46.2. The predicted molar refractivity (Wildman–Crippen MR) is 201 cm³/mol. The van der Waals surface area contributed by atoms with Crippen LogP contribution < -0.4 is 5.73 Å². The Hall–Kier alpha value is -1.44. The molecule has 0 aromatic carbocycles. The van der Waals surface area contributed by atoms with Gasteiger partial charge in [0.1, 0.15) is 5.78 Å². The Morgan fingerprint density at radius 2 is 1.58 bits per heavy atom. The lowest BCUT2D eigenvalue weighted by atomic mass is 9.72. The van der Waals surface area contributed by atoms with Gasteiger partial charge in [-0.25, -0.2) is 0 Å². The fourth-order valence-corrected chi connectivity index (χ4v) is 10.5. The Morgan fingerprint density at radius 1 is 0.906 bits per heavy atom. The van der Waals surface area contributed by atoms with Gasteiger partial charge in [-0.15, -0.1) is 0 Å². The zero-order valence-electron chi connectivity index (χ0n) is 34.1. The molecule has 0 aliphatic carbocycles. The number of nitrogens with two attached hydrogens (primary N) is 1. The molecule has 4 saturated heterocycles. The van der Waals surface area contributed by atoms with E-state index < -0.39 is 70.9 Å². The quantitative estimate of drug-likeness (QED) is 0.169. The summed E-state index contributed by atoms with van der Waals surface area (Å²) in [6, 6.07) is -0.538. The van der Waals surface area contributed by atoms with Crippen molar-refractivity contribution in [2.75, 3.05) is 0 Å². The van der Waals surface area contributed by atoms with Crippen LogP contribution in [0, 0.1) is 41.4 Å². The lowest BCUT2D eigenvalue weighted by molar-refractivity contribution is -0.396. The predicted octanol–water partition coefficient (Wildman–Crippen LogP) is 6.15. The number of Topliss-reactive ketones (excluding diaryl/α,β-unsaturated/α-hetero) is 1. The molecule has 0 saturated carbocycles. The van der Waals surface area contributed by atoms with E-state index in [1.54, 1.807) is 6.92 Å². The molecule has 5 rings (SSSR count). The summed E-state index contributed by atoms with van der Waals surface area (Å²) in [5.74, 6) is -5.28. The van der Waals surface area contributed by atoms with Gasteiger partial charge in [0.25, 0.3) is 0 Å². The first-order chi connectivity index (χ1) is 24.8. The third-order valence-electron chi connectivity index (χ3n) is 14.5. The monoisotopic (exact) mass is 750 g/mol. The van der Waals surface area contributed by atoms with Crippen molar-refractivity contribution in [2.24, 2.45) is 47.2 Å². The molecule has 18 atom stereocenters. The maximum Gasteiger partial charge on any atom is 0.309 e. The number of aliphatic carboxylic acids is 1. The minimum absolute atomic E-state index is 0.0449. The van der Waals surface area contributed by atoms with Crippen LogP contribution in [0.2, 0.25) is 0 Å². The van der Waals surface area contributed by atoms with E-state index in [1.807, 2.05) is 46.8 Å². The van der Waals surface area contributed by atoms with Crippen molar-refractivity contribution in [1.82, 2.24) is 0 Å². The van der Waals surface area contributed by atoms with E-state index in [0.29, 0.717) is 51.4 Å². The zero-order valence-corrected chi connectivity index (χ0v) is 34.1. The Balaban J connectivity index is 1.31. The van der Waals surface area contributed by atoms with Crippen LogP contribution in [0.15, 0.2) is 12.2 Å². The molecule has 4 fully saturated rings. The van der Waals surface area contributed by atoms with Crippen molar-refractivity contribution in [1.29, 1.82) is 0 Å². The number of carbonyl (C=O) groups excluding carboxylic acids is 1. The number of ketones is 1. The number of ether oxygens (including phenoxy) is 5. The van der Waals surface area contributed by atoms with Gasteiger partial charge in [0.05, 0.1) is 59.8 Å². The van der Waals surface area contributed by atoms with Gasteiger partial charge in [-0.3, -0.25) is 9.59 Å². The Labute approximate surface area is 318 Å². The molecule has 5 heterocycles. The number of carboxylic acids is 1. The van der Waals surface area contributed by atoms with Crippen LogP contribution in [0.25, 0.3) is 0 Å². The summed E-state index contributed by atoms with van der Waals surface area (Å²) in [5.41, 5.74) is 5.25. The van der Waals surface area contributed by atoms with Gasteiger partial charge in [0.15, 0.2) is 11.6 Å². The molecule has 5 N–H and O–H groups in total. The van der Waals surface area contributed by atoms with Crippen LogP contribution in [0.1, 0.15) is 133 Å². The molecule has 1 unspecified atom stereocenters. The highest BCUT2D eigenvalue weighted by atomic mass is 16.8. The lowest BCUT2D eigenvalue weighted by Crippen LogP contribution is -2.64. The van der Waals surface area contributed by atoms with Crippen molar-refractivity contribution in [3.8, 4) is 0 Å². The molecule has 304 valence electrons. The molecule has 5 aliphatic heterocycles. The number of hydrogen-bond donors (Lipinski definition) is 4. The molecule has 0 amide bonds. The maximum absolute atomic E-state index is 14.5. The number of rotatable bonds is 12. The van der Waals surface area contributed by atoms with Gasteiger partial charge in [-0.1, -0.05) is 61.5 Å². The van der Waals surface area contributed by atoms with Crippen LogP contribution in [0.5, 0.6) is 0 Å². The van der Waals surface area contributed by atoms with Crippen LogP contribution in [-0.4, -0.2) is 92.5 Å². The Kier molecular flexibility index (Phi) is 13.0. The van der Waals surface area contributed by atoms with Gasteiger partial charge in [-0.2, -0.15) is 0 Å². The summed E-state index contributed by atoms with van der Waals surface area (Å²) in [7, 11) is 0. The van der Waals surface area contributed by atoms with E-state index in [1.165, 1.54) is 0 Å². The highest BCUT2D eigenvalue weighted by Crippen LogP contribution is 2.53. The van der Waals surface area contributed by atoms with Crippen molar-refractivity contribution in [3.63, 3.8) is 0 Å². The fourth-order valence-electron chi connectivity index (χ4n) is 10.5. The zero-order chi connectivity index (χ0) is 39.3. The molecule has 11 heteroatoms. The molecule has 0 aromatic heterocycles. The Morgan fingerprint density at radius 3 is 2.19 bits per heavy atom.